The van der Waals surface area contributed by atoms with E-state index >= 15 is 0 Å². The molecule has 1 heterocycles. The van der Waals surface area contributed by atoms with E-state index in [0.717, 1.165) is 5.56 Å². The van der Waals surface area contributed by atoms with E-state index in [0.29, 0.717) is 19.3 Å². The van der Waals surface area contributed by atoms with Gasteiger partial charge in [0.25, 0.3) is 0 Å². The van der Waals surface area contributed by atoms with Crippen LogP contribution in [0.3, 0.4) is 0 Å². The predicted molar refractivity (Wildman–Crippen MR) is 79.3 cm³/mol. The van der Waals surface area contributed by atoms with Gasteiger partial charge in [-0.3, -0.25) is 9.59 Å². The highest BCUT2D eigenvalue weighted by Crippen LogP contribution is 2.14. The number of esters is 1. The van der Waals surface area contributed by atoms with Crippen LogP contribution in [0.25, 0.3) is 0 Å². The van der Waals surface area contributed by atoms with Gasteiger partial charge in [0.05, 0.1) is 6.04 Å². The molecular formula is C16H20N2O3. The number of carbonyl (C=O) groups excluding carboxylic acids is 2. The summed E-state index contributed by atoms with van der Waals surface area (Å²) in [6.45, 7) is 0.0893. The molecule has 1 aromatic carbocycles. The van der Waals surface area contributed by atoms with Gasteiger partial charge >= 0.3 is 5.97 Å². The van der Waals surface area contributed by atoms with E-state index in [1.54, 1.807) is 0 Å². The van der Waals surface area contributed by atoms with E-state index in [2.05, 4.69) is 5.32 Å². The minimum atomic E-state index is -0.659. The van der Waals surface area contributed by atoms with E-state index in [1.165, 1.54) is 0 Å². The molecule has 21 heavy (non-hydrogen) atoms. The van der Waals surface area contributed by atoms with Crippen LogP contribution < -0.4 is 11.1 Å². The van der Waals surface area contributed by atoms with Crippen molar-refractivity contribution in [2.45, 2.75) is 31.3 Å². The summed E-state index contributed by atoms with van der Waals surface area (Å²) in [4.78, 5) is 23.7. The van der Waals surface area contributed by atoms with E-state index < -0.39 is 12.0 Å². The summed E-state index contributed by atoms with van der Waals surface area (Å²) in [6, 6.07) is 8.44. The van der Waals surface area contributed by atoms with Gasteiger partial charge in [-0.05, 0) is 18.4 Å². The number of allylic oxidation sites excluding steroid dienone is 1. The second-order valence-electron chi connectivity index (χ2n) is 5.01. The minimum Gasteiger partial charge on any atom is -0.462 e. The van der Waals surface area contributed by atoms with Crippen LogP contribution in [0.5, 0.6) is 0 Å². The highest BCUT2D eigenvalue weighted by molar-refractivity contribution is 5.77. The van der Waals surface area contributed by atoms with E-state index in [4.69, 9.17) is 10.5 Å². The van der Waals surface area contributed by atoms with Crippen molar-refractivity contribution in [3.63, 3.8) is 0 Å². The maximum Gasteiger partial charge on any atom is 0.323 e. The quantitative estimate of drug-likeness (QED) is 0.605. The third-order valence-corrected chi connectivity index (χ3v) is 3.33. The Kier molecular flexibility index (Phi) is 5.51. The zero-order valence-corrected chi connectivity index (χ0v) is 11.8. The smallest absolute Gasteiger partial charge is 0.323 e. The lowest BCUT2D eigenvalue weighted by Crippen LogP contribution is -2.36. The number of benzene rings is 1. The van der Waals surface area contributed by atoms with Gasteiger partial charge in [-0.25, -0.2) is 0 Å². The topological polar surface area (TPSA) is 81.4 Å². The highest BCUT2D eigenvalue weighted by Gasteiger charge is 2.20. The number of nitrogens with one attached hydrogen (secondary N) is 1. The third kappa shape index (κ3) is 4.72. The first-order valence-corrected chi connectivity index (χ1v) is 7.08. The number of carbonyl (C=O) groups is 2. The van der Waals surface area contributed by atoms with E-state index in [9.17, 15) is 9.59 Å². The molecule has 3 N–H and O–H groups in total. The molecule has 0 aliphatic carbocycles. The van der Waals surface area contributed by atoms with Crippen LogP contribution in [0.1, 0.15) is 30.9 Å². The Morgan fingerprint density at radius 3 is 2.67 bits per heavy atom. The highest BCUT2D eigenvalue weighted by atomic mass is 16.5. The Balaban J connectivity index is 2.13. The van der Waals surface area contributed by atoms with Crippen LogP contribution in [-0.2, 0) is 14.3 Å². The summed E-state index contributed by atoms with van der Waals surface area (Å²) in [6.07, 6.45) is 5.15. The fraction of sp³-hybridized carbons (Fsp3) is 0.375. The first-order chi connectivity index (χ1) is 10.2. The molecule has 0 saturated heterocycles. The van der Waals surface area contributed by atoms with Gasteiger partial charge in [0, 0.05) is 6.42 Å². The molecule has 0 aromatic heterocycles. The molecule has 0 spiro atoms. The summed E-state index contributed by atoms with van der Waals surface area (Å²) in [5, 5.41) is 2.90. The lowest BCUT2D eigenvalue weighted by atomic mass is 10.1. The Morgan fingerprint density at radius 1 is 1.14 bits per heavy atom. The molecular weight excluding hydrogens is 268 g/mol. The van der Waals surface area contributed by atoms with Crippen molar-refractivity contribution < 1.29 is 14.3 Å². The fourth-order valence-corrected chi connectivity index (χ4v) is 2.12. The summed E-state index contributed by atoms with van der Waals surface area (Å²) in [5.41, 5.74) is 6.66. The summed E-state index contributed by atoms with van der Waals surface area (Å²) < 4.78 is 5.23. The first-order valence-electron chi connectivity index (χ1n) is 7.08. The first kappa shape index (κ1) is 15.3. The Morgan fingerprint density at radius 2 is 1.90 bits per heavy atom. The molecule has 0 radical (unpaired) electrons. The monoisotopic (exact) mass is 288 g/mol. The van der Waals surface area contributed by atoms with Crippen LogP contribution in [0.4, 0.5) is 0 Å². The molecule has 1 aliphatic rings. The van der Waals surface area contributed by atoms with Gasteiger partial charge in [0.1, 0.15) is 12.6 Å². The van der Waals surface area contributed by atoms with Crippen molar-refractivity contribution in [3.8, 4) is 0 Å². The number of cyclic esters (lactones) is 1. The maximum absolute atomic E-state index is 11.9. The van der Waals surface area contributed by atoms with Crippen molar-refractivity contribution >= 4 is 11.9 Å². The molecule has 1 amide bonds. The van der Waals surface area contributed by atoms with Crippen molar-refractivity contribution in [2.24, 2.45) is 5.73 Å². The van der Waals surface area contributed by atoms with E-state index in [1.807, 2.05) is 42.5 Å². The van der Waals surface area contributed by atoms with Gasteiger partial charge < -0.3 is 15.8 Å². The molecule has 2 rings (SSSR count). The van der Waals surface area contributed by atoms with Crippen molar-refractivity contribution in [1.82, 2.24) is 5.32 Å². The minimum absolute atomic E-state index is 0.0607. The lowest BCUT2D eigenvalue weighted by molar-refractivity contribution is -0.146. The number of hydrogen-bond donors (Lipinski definition) is 2. The molecule has 5 heteroatoms. The normalized spacial score (nSPS) is 24.4. The molecule has 1 aliphatic heterocycles. The molecule has 1 aromatic rings. The zero-order chi connectivity index (χ0) is 15.1. The number of amides is 1. The molecule has 112 valence electrons. The lowest BCUT2D eigenvalue weighted by Gasteiger charge is -2.20. The largest absolute Gasteiger partial charge is 0.462 e. The number of nitrogens with two attached hydrogens (primary N) is 1. The second-order valence-corrected chi connectivity index (χ2v) is 5.01. The predicted octanol–water partition coefficient (Wildman–Crippen LogP) is 1.45. The second kappa shape index (κ2) is 7.59. The fourth-order valence-electron chi connectivity index (χ4n) is 2.12. The molecule has 0 saturated carbocycles. The summed E-state index contributed by atoms with van der Waals surface area (Å²) in [5.74, 6) is -0.509. The van der Waals surface area contributed by atoms with E-state index in [-0.39, 0.29) is 18.6 Å². The van der Waals surface area contributed by atoms with Gasteiger partial charge in [0.15, 0.2) is 0 Å². The molecule has 2 atom stereocenters. The summed E-state index contributed by atoms with van der Waals surface area (Å²) in [7, 11) is 0. The number of ether oxygens (including phenoxy) is 1. The van der Waals surface area contributed by atoms with Crippen LogP contribution >= 0.6 is 0 Å². The van der Waals surface area contributed by atoms with Crippen LogP contribution in [-0.4, -0.2) is 24.5 Å². The Labute approximate surface area is 124 Å². The maximum atomic E-state index is 11.9. The Bertz CT molecular complexity index is 514. The molecule has 5 nitrogen and oxygen atoms in total. The standard InChI is InChI=1S/C16H20N2O3/c17-13-9-5-2-6-10-15(19)18-14(11-21-16(13)20)12-7-3-1-4-8-12/h1-5,7-8,13-14H,6,9-11,17H2,(H,18,19)/t13-,14-/m0/s1. The van der Waals surface area contributed by atoms with Crippen molar-refractivity contribution in [3.05, 3.63) is 48.0 Å². The number of rotatable bonds is 1. The van der Waals surface area contributed by atoms with Gasteiger partial charge in [-0.15, -0.1) is 0 Å². The summed E-state index contributed by atoms with van der Waals surface area (Å²) >= 11 is 0. The average Bonchev–Trinajstić information content (AvgIpc) is 2.50. The SMILES string of the molecule is N[C@H]1CC=CCCC(=O)N[C@H](c2ccccc2)COC1=O. The van der Waals surface area contributed by atoms with Gasteiger partial charge in [-0.1, -0.05) is 42.5 Å². The van der Waals surface area contributed by atoms with Crippen LogP contribution in [0.15, 0.2) is 42.5 Å². The van der Waals surface area contributed by atoms with Gasteiger partial charge in [-0.2, -0.15) is 0 Å². The van der Waals surface area contributed by atoms with Crippen molar-refractivity contribution in [2.75, 3.05) is 6.61 Å². The number of hydrogen-bond acceptors (Lipinski definition) is 4. The zero-order valence-electron chi connectivity index (χ0n) is 11.8. The third-order valence-electron chi connectivity index (χ3n) is 3.33. The molecule has 0 fully saturated rings. The molecule has 0 bridgehead atoms. The van der Waals surface area contributed by atoms with Crippen molar-refractivity contribution in [1.29, 1.82) is 0 Å². The van der Waals surface area contributed by atoms with Gasteiger partial charge in [0.2, 0.25) is 5.91 Å². The van der Waals surface area contributed by atoms with Crippen LogP contribution in [0.2, 0.25) is 0 Å². The Hall–Kier alpha value is -2.14. The average molecular weight is 288 g/mol. The van der Waals surface area contributed by atoms with Crippen LogP contribution in [0, 0.1) is 0 Å². The molecule has 0 unspecified atom stereocenters.